The first kappa shape index (κ1) is 17.7. The predicted molar refractivity (Wildman–Crippen MR) is 93.0 cm³/mol. The minimum absolute atomic E-state index is 0.113. The van der Waals surface area contributed by atoms with Crippen LogP contribution < -0.4 is 19.5 Å². The summed E-state index contributed by atoms with van der Waals surface area (Å²) < 4.78 is 15.8. The lowest BCUT2D eigenvalue weighted by atomic mass is 10.0. The fourth-order valence-electron chi connectivity index (χ4n) is 2.56. The zero-order valence-corrected chi connectivity index (χ0v) is 14.5. The molecular weight excluding hydrogens is 306 g/mol. The van der Waals surface area contributed by atoms with Gasteiger partial charge in [-0.1, -0.05) is 25.1 Å². The highest BCUT2D eigenvalue weighted by molar-refractivity contribution is 6.00. The number of ether oxygens (including phenoxy) is 3. The fourth-order valence-corrected chi connectivity index (χ4v) is 2.56. The molecule has 0 fully saturated rings. The molecule has 0 unspecified atom stereocenters. The van der Waals surface area contributed by atoms with Crippen molar-refractivity contribution in [3.63, 3.8) is 0 Å². The normalized spacial score (nSPS) is 11.5. The first-order valence-corrected chi connectivity index (χ1v) is 7.80. The lowest BCUT2D eigenvalue weighted by Gasteiger charge is -2.20. The van der Waals surface area contributed by atoms with Crippen LogP contribution in [0.15, 0.2) is 42.5 Å². The van der Waals surface area contributed by atoms with Crippen molar-refractivity contribution < 1.29 is 19.0 Å². The summed E-state index contributed by atoms with van der Waals surface area (Å²) in [7, 11) is 4.70. The molecule has 128 valence electrons. The van der Waals surface area contributed by atoms with Gasteiger partial charge in [-0.25, -0.2) is 0 Å². The van der Waals surface area contributed by atoms with Crippen molar-refractivity contribution >= 4 is 5.91 Å². The third-order valence-corrected chi connectivity index (χ3v) is 3.89. The average Bonchev–Trinajstić information content (AvgIpc) is 2.65. The molecule has 2 aromatic rings. The molecule has 0 aliphatic rings. The van der Waals surface area contributed by atoms with Gasteiger partial charge in [0.1, 0.15) is 22.8 Å². The number of hydrogen-bond acceptors (Lipinski definition) is 4. The van der Waals surface area contributed by atoms with Crippen molar-refractivity contribution in [1.29, 1.82) is 0 Å². The highest BCUT2D eigenvalue weighted by atomic mass is 16.5. The molecule has 0 bridgehead atoms. The van der Waals surface area contributed by atoms with Gasteiger partial charge >= 0.3 is 0 Å². The van der Waals surface area contributed by atoms with E-state index in [0.29, 0.717) is 17.1 Å². The second-order valence-corrected chi connectivity index (χ2v) is 5.24. The summed E-state index contributed by atoms with van der Waals surface area (Å²) in [5.74, 6) is 1.52. The number of carbonyl (C=O) groups excluding carboxylic acids is 1. The first-order valence-electron chi connectivity index (χ1n) is 7.80. The summed E-state index contributed by atoms with van der Waals surface area (Å²) in [6, 6.07) is 12.8. The van der Waals surface area contributed by atoms with Crippen LogP contribution in [0.4, 0.5) is 0 Å². The fraction of sp³-hybridized carbons (Fsp3) is 0.316. The molecule has 0 radical (unpaired) electrons. The molecule has 0 aliphatic carbocycles. The van der Waals surface area contributed by atoms with Crippen LogP contribution in [0.25, 0.3) is 0 Å². The minimum Gasteiger partial charge on any atom is -0.497 e. The third kappa shape index (κ3) is 3.79. The van der Waals surface area contributed by atoms with E-state index in [0.717, 1.165) is 17.7 Å². The molecule has 0 aromatic heterocycles. The van der Waals surface area contributed by atoms with Crippen LogP contribution in [0, 0.1) is 0 Å². The van der Waals surface area contributed by atoms with E-state index >= 15 is 0 Å². The molecule has 0 aliphatic heterocycles. The third-order valence-electron chi connectivity index (χ3n) is 3.89. The van der Waals surface area contributed by atoms with E-state index in [2.05, 4.69) is 5.32 Å². The van der Waals surface area contributed by atoms with E-state index in [1.807, 2.05) is 31.2 Å². The van der Waals surface area contributed by atoms with Crippen LogP contribution in [0.3, 0.4) is 0 Å². The Kier molecular flexibility index (Phi) is 6.07. The Balaban J connectivity index is 2.26. The van der Waals surface area contributed by atoms with Crippen LogP contribution >= 0.6 is 0 Å². The Morgan fingerprint density at radius 1 is 0.958 bits per heavy atom. The Hall–Kier alpha value is -2.69. The Labute approximate surface area is 142 Å². The van der Waals surface area contributed by atoms with Gasteiger partial charge in [0, 0.05) is 0 Å². The quantitative estimate of drug-likeness (QED) is 0.843. The second kappa shape index (κ2) is 8.24. The number of hydrogen-bond donors (Lipinski definition) is 1. The van der Waals surface area contributed by atoms with E-state index in [4.69, 9.17) is 14.2 Å². The van der Waals surface area contributed by atoms with E-state index in [1.165, 1.54) is 14.2 Å². The van der Waals surface area contributed by atoms with E-state index in [9.17, 15) is 4.79 Å². The number of benzene rings is 2. The van der Waals surface area contributed by atoms with E-state index in [1.54, 1.807) is 25.3 Å². The predicted octanol–water partition coefficient (Wildman–Crippen LogP) is 3.59. The van der Waals surface area contributed by atoms with Gasteiger partial charge in [0.25, 0.3) is 5.91 Å². The summed E-state index contributed by atoms with van der Waals surface area (Å²) >= 11 is 0. The largest absolute Gasteiger partial charge is 0.497 e. The molecule has 1 amide bonds. The van der Waals surface area contributed by atoms with Gasteiger partial charge in [-0.2, -0.15) is 0 Å². The SMILES string of the molecule is CC[C@H](NC(=O)c1c(OC)cccc1OC)c1ccc(OC)cc1. The lowest BCUT2D eigenvalue weighted by molar-refractivity contribution is 0.0929. The van der Waals surface area contributed by atoms with Crippen molar-refractivity contribution in [3.05, 3.63) is 53.6 Å². The van der Waals surface area contributed by atoms with Crippen molar-refractivity contribution in [1.82, 2.24) is 5.32 Å². The molecule has 0 saturated heterocycles. The maximum absolute atomic E-state index is 12.8. The summed E-state index contributed by atoms with van der Waals surface area (Å²) in [6.07, 6.45) is 0.759. The molecule has 0 saturated carbocycles. The number of carbonyl (C=O) groups is 1. The molecule has 2 rings (SSSR count). The molecule has 5 nitrogen and oxygen atoms in total. The van der Waals surface area contributed by atoms with Crippen molar-refractivity contribution in [2.75, 3.05) is 21.3 Å². The van der Waals surface area contributed by atoms with Crippen molar-refractivity contribution in [3.8, 4) is 17.2 Å². The number of methoxy groups -OCH3 is 3. The minimum atomic E-state index is -0.230. The standard InChI is InChI=1S/C19H23NO4/c1-5-15(13-9-11-14(22-2)12-10-13)20-19(21)18-16(23-3)7-6-8-17(18)24-4/h6-12,15H,5H2,1-4H3,(H,20,21)/t15-/m0/s1. The summed E-state index contributed by atoms with van der Waals surface area (Å²) in [6.45, 7) is 2.02. The number of nitrogens with one attached hydrogen (secondary N) is 1. The van der Waals surface area contributed by atoms with Crippen LogP contribution in [0.1, 0.15) is 35.3 Å². The van der Waals surface area contributed by atoms with Gasteiger partial charge in [-0.05, 0) is 36.2 Å². The van der Waals surface area contributed by atoms with Crippen molar-refractivity contribution in [2.24, 2.45) is 0 Å². The smallest absolute Gasteiger partial charge is 0.259 e. The van der Waals surface area contributed by atoms with Gasteiger partial charge in [0.2, 0.25) is 0 Å². The first-order chi connectivity index (χ1) is 11.6. The van der Waals surface area contributed by atoms with Gasteiger partial charge in [0.05, 0.1) is 27.4 Å². The van der Waals surface area contributed by atoms with Gasteiger partial charge < -0.3 is 19.5 Å². The summed E-state index contributed by atoms with van der Waals surface area (Å²) in [5.41, 5.74) is 1.41. The van der Waals surface area contributed by atoms with Gasteiger partial charge in [-0.3, -0.25) is 4.79 Å². The van der Waals surface area contributed by atoms with Crippen LogP contribution in [-0.4, -0.2) is 27.2 Å². The summed E-state index contributed by atoms with van der Waals surface area (Å²) in [4.78, 5) is 12.8. The average molecular weight is 329 g/mol. The zero-order chi connectivity index (χ0) is 17.5. The molecule has 2 aromatic carbocycles. The molecule has 5 heteroatoms. The molecule has 1 atom stereocenters. The molecular formula is C19H23NO4. The topological polar surface area (TPSA) is 56.8 Å². The molecule has 1 N–H and O–H groups in total. The molecule has 24 heavy (non-hydrogen) atoms. The second-order valence-electron chi connectivity index (χ2n) is 5.24. The lowest BCUT2D eigenvalue weighted by Crippen LogP contribution is -2.28. The Bertz CT molecular complexity index is 660. The zero-order valence-electron chi connectivity index (χ0n) is 14.5. The Morgan fingerprint density at radius 3 is 2.00 bits per heavy atom. The van der Waals surface area contributed by atoms with Crippen LogP contribution in [0.5, 0.6) is 17.2 Å². The van der Waals surface area contributed by atoms with Gasteiger partial charge in [0.15, 0.2) is 0 Å². The molecule has 0 spiro atoms. The van der Waals surface area contributed by atoms with Crippen molar-refractivity contribution in [2.45, 2.75) is 19.4 Å². The highest BCUT2D eigenvalue weighted by Gasteiger charge is 2.21. The van der Waals surface area contributed by atoms with Crippen LogP contribution in [0.2, 0.25) is 0 Å². The maximum atomic E-state index is 12.8. The monoisotopic (exact) mass is 329 g/mol. The number of amides is 1. The van der Waals surface area contributed by atoms with Crippen LogP contribution in [-0.2, 0) is 0 Å². The highest BCUT2D eigenvalue weighted by Crippen LogP contribution is 2.29. The van der Waals surface area contributed by atoms with E-state index < -0.39 is 0 Å². The summed E-state index contributed by atoms with van der Waals surface area (Å²) in [5, 5.41) is 3.05. The van der Waals surface area contributed by atoms with Gasteiger partial charge in [-0.15, -0.1) is 0 Å². The molecule has 0 heterocycles. The number of rotatable bonds is 7. The van der Waals surface area contributed by atoms with E-state index in [-0.39, 0.29) is 11.9 Å². The maximum Gasteiger partial charge on any atom is 0.259 e. The Morgan fingerprint density at radius 2 is 1.54 bits per heavy atom.